The quantitative estimate of drug-likeness (QED) is 0.556. The van der Waals surface area contributed by atoms with Crippen LogP contribution in [0.5, 0.6) is 0 Å². The van der Waals surface area contributed by atoms with Crippen molar-refractivity contribution in [3.63, 3.8) is 0 Å². The van der Waals surface area contributed by atoms with E-state index in [2.05, 4.69) is 4.99 Å². The number of ether oxygens (including phenoxy) is 1. The van der Waals surface area contributed by atoms with Gasteiger partial charge in [0, 0.05) is 45.1 Å². The lowest BCUT2D eigenvalue weighted by Gasteiger charge is -2.21. The lowest BCUT2D eigenvalue weighted by molar-refractivity contribution is -0.143. The van der Waals surface area contributed by atoms with Crippen molar-refractivity contribution in [1.82, 2.24) is 4.90 Å². The number of likely N-dealkylation sites (N-methyl/N-ethyl adjacent to an activating group) is 1. The number of nitrogens with zero attached hydrogens (tertiary/aromatic N) is 3. The molecule has 0 heterocycles. The summed E-state index contributed by atoms with van der Waals surface area (Å²) >= 11 is 0. The molecule has 138 valence electrons. The number of anilines is 1. The Kier molecular flexibility index (Phi) is 6.72. The molecule has 1 aromatic carbocycles. The van der Waals surface area contributed by atoms with E-state index in [-0.39, 0.29) is 18.2 Å². The number of aliphatic imine (C=N–C) groups is 1. The summed E-state index contributed by atoms with van der Waals surface area (Å²) in [6.45, 7) is 2.64. The highest BCUT2D eigenvalue weighted by Crippen LogP contribution is 2.20. The van der Waals surface area contributed by atoms with Gasteiger partial charge in [0.05, 0.1) is 18.7 Å². The van der Waals surface area contributed by atoms with E-state index >= 15 is 0 Å². The summed E-state index contributed by atoms with van der Waals surface area (Å²) in [7, 11) is 5.78. The van der Waals surface area contributed by atoms with Crippen LogP contribution in [0.15, 0.2) is 53.2 Å². The Labute approximate surface area is 154 Å². The number of esters is 1. The Morgan fingerprint density at radius 2 is 1.81 bits per heavy atom. The van der Waals surface area contributed by atoms with Crippen LogP contribution in [0.2, 0.25) is 0 Å². The lowest BCUT2D eigenvalue weighted by Crippen LogP contribution is -2.25. The molecule has 0 N–H and O–H groups in total. The Hall–Kier alpha value is -2.89. The summed E-state index contributed by atoms with van der Waals surface area (Å²) in [5.74, 6) is -0.392. The van der Waals surface area contributed by atoms with Crippen LogP contribution in [-0.4, -0.2) is 56.7 Å². The number of carbonyl (C=O) groups is 2. The van der Waals surface area contributed by atoms with Crippen LogP contribution in [0, 0.1) is 0 Å². The number of rotatable bonds is 7. The van der Waals surface area contributed by atoms with Crippen molar-refractivity contribution in [3.05, 3.63) is 48.2 Å². The van der Waals surface area contributed by atoms with Gasteiger partial charge in [-0.15, -0.1) is 0 Å². The summed E-state index contributed by atoms with van der Waals surface area (Å²) in [6.07, 6.45) is 5.36. The van der Waals surface area contributed by atoms with Gasteiger partial charge in [-0.05, 0) is 43.3 Å². The fraction of sp³-hybridized carbons (Fsp3) is 0.350. The van der Waals surface area contributed by atoms with E-state index in [1.165, 1.54) is 6.08 Å². The molecule has 26 heavy (non-hydrogen) atoms. The number of hydrogen-bond donors (Lipinski definition) is 0. The van der Waals surface area contributed by atoms with Crippen molar-refractivity contribution in [2.24, 2.45) is 4.99 Å². The maximum Gasteiger partial charge on any atom is 0.307 e. The molecule has 0 spiro atoms. The van der Waals surface area contributed by atoms with E-state index in [1.54, 1.807) is 13.0 Å². The molecule has 6 nitrogen and oxygen atoms in total. The molecule has 0 unspecified atom stereocenters. The molecule has 0 saturated carbocycles. The number of hydrogen-bond acceptors (Lipinski definition) is 6. The van der Waals surface area contributed by atoms with Crippen LogP contribution >= 0.6 is 0 Å². The molecule has 0 aromatic heterocycles. The number of benzene rings is 1. The van der Waals surface area contributed by atoms with Gasteiger partial charge in [0.2, 0.25) is 5.78 Å². The zero-order valence-electron chi connectivity index (χ0n) is 15.7. The maximum atomic E-state index is 12.3. The van der Waals surface area contributed by atoms with Gasteiger partial charge in [-0.3, -0.25) is 9.59 Å². The predicted molar refractivity (Wildman–Crippen MR) is 104 cm³/mol. The Balaban J connectivity index is 2.01. The first-order chi connectivity index (χ1) is 12.4. The smallest absolute Gasteiger partial charge is 0.307 e. The minimum atomic E-state index is -0.241. The second-order valence-corrected chi connectivity index (χ2v) is 6.15. The third-order valence-corrected chi connectivity index (χ3v) is 3.96. The largest absolute Gasteiger partial charge is 0.466 e. The van der Waals surface area contributed by atoms with Gasteiger partial charge in [0.1, 0.15) is 5.71 Å². The third kappa shape index (κ3) is 5.31. The van der Waals surface area contributed by atoms with Crippen LogP contribution < -0.4 is 4.90 Å². The molecule has 1 aliphatic carbocycles. The van der Waals surface area contributed by atoms with Gasteiger partial charge < -0.3 is 14.5 Å². The van der Waals surface area contributed by atoms with E-state index in [4.69, 9.17) is 4.74 Å². The molecule has 1 aliphatic rings. The first kappa shape index (κ1) is 19.4. The average molecular weight is 355 g/mol. The molecule has 1 aromatic rings. The number of ketones is 1. The molecule has 0 atom stereocenters. The zero-order valence-corrected chi connectivity index (χ0v) is 15.7. The second-order valence-electron chi connectivity index (χ2n) is 6.15. The molecule has 0 aliphatic heterocycles. The summed E-state index contributed by atoms with van der Waals surface area (Å²) in [5.41, 5.74) is 2.95. The Bertz CT molecular complexity index is 746. The zero-order chi connectivity index (χ0) is 19.1. The molecule has 6 heteroatoms. The number of carbonyl (C=O) groups excluding carboxylic acids is 2. The highest BCUT2D eigenvalue weighted by atomic mass is 16.5. The van der Waals surface area contributed by atoms with Crippen molar-refractivity contribution < 1.29 is 14.3 Å². The standard InChI is InChI=1S/C20H25N3O3/c1-5-26-20(25)12-13-23(4)17-10-11-18(19(24)14-17)21-15-6-8-16(9-7-15)22(2)3/h6-11,14H,5,12-13H2,1-4H3. The van der Waals surface area contributed by atoms with E-state index in [9.17, 15) is 9.59 Å². The van der Waals surface area contributed by atoms with Crippen LogP contribution in [0.4, 0.5) is 11.4 Å². The van der Waals surface area contributed by atoms with Crippen LogP contribution in [-0.2, 0) is 14.3 Å². The minimum Gasteiger partial charge on any atom is -0.466 e. The monoisotopic (exact) mass is 355 g/mol. The van der Waals surface area contributed by atoms with E-state index in [0.717, 1.165) is 17.1 Å². The van der Waals surface area contributed by atoms with Gasteiger partial charge in [-0.1, -0.05) is 0 Å². The fourth-order valence-electron chi connectivity index (χ4n) is 2.42. The first-order valence-electron chi connectivity index (χ1n) is 8.57. The van der Waals surface area contributed by atoms with Crippen molar-refractivity contribution in [3.8, 4) is 0 Å². The second kappa shape index (κ2) is 8.99. The summed E-state index contributed by atoms with van der Waals surface area (Å²) < 4.78 is 4.92. The van der Waals surface area contributed by atoms with Gasteiger partial charge in [-0.25, -0.2) is 4.99 Å². The molecule has 0 radical (unpaired) electrons. The van der Waals surface area contributed by atoms with Crippen molar-refractivity contribution >= 4 is 28.8 Å². The topological polar surface area (TPSA) is 62.2 Å². The summed E-state index contributed by atoms with van der Waals surface area (Å²) in [5, 5.41) is 0. The number of allylic oxidation sites excluding steroid dienone is 3. The molecule has 0 amide bonds. The van der Waals surface area contributed by atoms with Crippen molar-refractivity contribution in [1.29, 1.82) is 0 Å². The SMILES string of the molecule is CCOC(=O)CCN(C)C1=CC(=O)C(=Nc2ccc(N(C)C)cc2)C=C1. The van der Waals surface area contributed by atoms with E-state index in [1.807, 2.05) is 61.3 Å². The predicted octanol–water partition coefficient (Wildman–Crippen LogP) is 2.73. The van der Waals surface area contributed by atoms with Gasteiger partial charge >= 0.3 is 5.97 Å². The van der Waals surface area contributed by atoms with Crippen molar-refractivity contribution in [2.75, 3.05) is 39.2 Å². The van der Waals surface area contributed by atoms with E-state index in [0.29, 0.717) is 18.9 Å². The summed E-state index contributed by atoms with van der Waals surface area (Å²) in [4.78, 5) is 32.1. The molecule has 0 fully saturated rings. The average Bonchev–Trinajstić information content (AvgIpc) is 2.62. The molecule has 2 rings (SSSR count). The van der Waals surface area contributed by atoms with Gasteiger partial charge in [-0.2, -0.15) is 0 Å². The Morgan fingerprint density at radius 1 is 1.12 bits per heavy atom. The van der Waals surface area contributed by atoms with Crippen LogP contribution in [0.1, 0.15) is 13.3 Å². The minimum absolute atomic E-state index is 0.151. The highest BCUT2D eigenvalue weighted by molar-refractivity contribution is 6.49. The van der Waals surface area contributed by atoms with Gasteiger partial charge in [0.15, 0.2) is 0 Å². The first-order valence-corrected chi connectivity index (χ1v) is 8.57. The molecule has 0 saturated heterocycles. The van der Waals surface area contributed by atoms with Crippen molar-refractivity contribution in [2.45, 2.75) is 13.3 Å². The van der Waals surface area contributed by atoms with E-state index < -0.39 is 0 Å². The maximum absolute atomic E-state index is 12.3. The molecule has 0 bridgehead atoms. The fourth-order valence-corrected chi connectivity index (χ4v) is 2.42. The van der Waals surface area contributed by atoms with Gasteiger partial charge in [0.25, 0.3) is 0 Å². The highest BCUT2D eigenvalue weighted by Gasteiger charge is 2.15. The van der Waals surface area contributed by atoms with Crippen LogP contribution in [0.25, 0.3) is 0 Å². The normalized spacial score (nSPS) is 15.0. The third-order valence-electron chi connectivity index (χ3n) is 3.96. The Morgan fingerprint density at radius 3 is 2.38 bits per heavy atom. The molecular weight excluding hydrogens is 330 g/mol. The lowest BCUT2D eigenvalue weighted by atomic mass is 10.1. The van der Waals surface area contributed by atoms with Crippen LogP contribution in [0.3, 0.4) is 0 Å². The molecular formula is C20H25N3O3. The summed E-state index contributed by atoms with van der Waals surface area (Å²) in [6, 6.07) is 7.68.